The summed E-state index contributed by atoms with van der Waals surface area (Å²) in [6.07, 6.45) is -0.926. The van der Waals surface area contributed by atoms with Crippen LogP contribution in [-0.4, -0.2) is 20.1 Å². The number of nitrogens with two attached hydrogens (primary N) is 1. The molecule has 2 aromatic carbocycles. The van der Waals surface area contributed by atoms with Gasteiger partial charge in [-0.3, -0.25) is 0 Å². The normalized spacial score (nSPS) is 13.0. The van der Waals surface area contributed by atoms with E-state index in [1.807, 2.05) is 0 Å². The van der Waals surface area contributed by atoms with Crippen LogP contribution in [0.5, 0.6) is 0 Å². The molecule has 0 bridgehead atoms. The second-order valence-corrected chi connectivity index (χ2v) is 6.54. The van der Waals surface area contributed by atoms with Gasteiger partial charge >= 0.3 is 0 Å². The van der Waals surface area contributed by atoms with E-state index >= 15 is 0 Å². The number of benzene rings is 2. The van der Waals surface area contributed by atoms with Crippen molar-refractivity contribution in [3.63, 3.8) is 0 Å². The van der Waals surface area contributed by atoms with E-state index in [1.54, 1.807) is 49.4 Å². The van der Waals surface area contributed by atoms with Crippen molar-refractivity contribution in [2.75, 3.05) is 12.3 Å². The first-order valence-corrected chi connectivity index (χ1v) is 7.97. The summed E-state index contributed by atoms with van der Waals surface area (Å²) in [6, 6.07) is 13.4. The van der Waals surface area contributed by atoms with Crippen LogP contribution >= 0.6 is 0 Å². The minimum Gasteiger partial charge on any atom is -0.399 e. The molecule has 0 heterocycles. The van der Waals surface area contributed by atoms with Crippen LogP contribution in [-0.2, 0) is 10.0 Å². The van der Waals surface area contributed by atoms with Crippen LogP contribution in [0.3, 0.4) is 0 Å². The van der Waals surface area contributed by atoms with Crippen molar-refractivity contribution in [1.29, 1.82) is 0 Å². The van der Waals surface area contributed by atoms with E-state index in [0.29, 0.717) is 16.8 Å². The number of nitrogens with one attached hydrogen (secondary N) is 1. The lowest BCUT2D eigenvalue weighted by atomic mass is 10.1. The summed E-state index contributed by atoms with van der Waals surface area (Å²) in [6.45, 7) is 1.63. The molecule has 0 aliphatic carbocycles. The minimum atomic E-state index is -3.64. The van der Waals surface area contributed by atoms with Crippen LogP contribution < -0.4 is 10.5 Å². The molecule has 21 heavy (non-hydrogen) atoms. The Morgan fingerprint density at radius 3 is 2.38 bits per heavy atom. The molecule has 0 fully saturated rings. The lowest BCUT2D eigenvalue weighted by Crippen LogP contribution is -2.29. The van der Waals surface area contributed by atoms with Crippen molar-refractivity contribution in [1.82, 2.24) is 4.72 Å². The molecule has 1 atom stereocenters. The summed E-state index contributed by atoms with van der Waals surface area (Å²) < 4.78 is 26.8. The van der Waals surface area contributed by atoms with Gasteiger partial charge in [-0.05, 0) is 36.2 Å². The van der Waals surface area contributed by atoms with E-state index in [2.05, 4.69) is 4.72 Å². The molecule has 0 spiro atoms. The Balaban J connectivity index is 2.08. The van der Waals surface area contributed by atoms with Crippen LogP contribution in [0.25, 0.3) is 0 Å². The zero-order chi connectivity index (χ0) is 15.5. The predicted molar refractivity (Wildman–Crippen MR) is 82.2 cm³/mol. The third-order valence-corrected chi connectivity index (χ3v) is 4.75. The van der Waals surface area contributed by atoms with Crippen LogP contribution in [0.2, 0.25) is 0 Å². The van der Waals surface area contributed by atoms with Crippen LogP contribution in [0, 0.1) is 6.92 Å². The molecule has 0 aromatic heterocycles. The van der Waals surface area contributed by atoms with Gasteiger partial charge in [0.2, 0.25) is 10.0 Å². The molecule has 5 nitrogen and oxygen atoms in total. The average molecular weight is 306 g/mol. The van der Waals surface area contributed by atoms with Gasteiger partial charge in [-0.25, -0.2) is 13.1 Å². The summed E-state index contributed by atoms with van der Waals surface area (Å²) in [5.74, 6) is 0. The van der Waals surface area contributed by atoms with Crippen LogP contribution in [0.15, 0.2) is 53.4 Å². The lowest BCUT2D eigenvalue weighted by Gasteiger charge is -2.14. The van der Waals surface area contributed by atoms with Gasteiger partial charge in [0.15, 0.2) is 0 Å². The maximum absolute atomic E-state index is 12.2. The lowest BCUT2D eigenvalue weighted by molar-refractivity contribution is 0.182. The van der Waals surface area contributed by atoms with E-state index in [4.69, 9.17) is 5.73 Å². The molecule has 0 saturated carbocycles. The Bertz CT molecular complexity index is 712. The van der Waals surface area contributed by atoms with Crippen LogP contribution in [0.4, 0.5) is 5.69 Å². The van der Waals surface area contributed by atoms with Crippen molar-refractivity contribution < 1.29 is 13.5 Å². The van der Waals surface area contributed by atoms with Crippen molar-refractivity contribution in [3.05, 3.63) is 59.7 Å². The van der Waals surface area contributed by atoms with Gasteiger partial charge in [0.1, 0.15) is 0 Å². The maximum Gasteiger partial charge on any atom is 0.240 e. The fourth-order valence-corrected chi connectivity index (χ4v) is 3.24. The summed E-state index contributed by atoms with van der Waals surface area (Å²) in [5, 5.41) is 10.0. The highest BCUT2D eigenvalue weighted by atomic mass is 32.2. The molecule has 2 aromatic rings. The molecule has 6 heteroatoms. The topological polar surface area (TPSA) is 92.4 Å². The number of hydrogen-bond acceptors (Lipinski definition) is 4. The van der Waals surface area contributed by atoms with Gasteiger partial charge < -0.3 is 10.8 Å². The number of anilines is 1. The molecule has 1 unspecified atom stereocenters. The third-order valence-electron chi connectivity index (χ3n) is 3.17. The first-order valence-electron chi connectivity index (χ1n) is 6.49. The number of nitrogen functional groups attached to an aromatic ring is 1. The van der Waals surface area contributed by atoms with E-state index in [-0.39, 0.29) is 11.4 Å². The fourth-order valence-electron chi connectivity index (χ4n) is 1.96. The molecule has 0 aliphatic heterocycles. The van der Waals surface area contributed by atoms with Crippen molar-refractivity contribution in [2.24, 2.45) is 0 Å². The van der Waals surface area contributed by atoms with Crippen molar-refractivity contribution >= 4 is 15.7 Å². The Morgan fingerprint density at radius 2 is 1.76 bits per heavy atom. The minimum absolute atomic E-state index is 0.0966. The highest BCUT2D eigenvalue weighted by Gasteiger charge is 2.18. The van der Waals surface area contributed by atoms with E-state index in [0.717, 1.165) is 0 Å². The molecule has 0 radical (unpaired) electrons. The Hall–Kier alpha value is -1.89. The highest BCUT2D eigenvalue weighted by molar-refractivity contribution is 7.89. The second-order valence-electron chi connectivity index (χ2n) is 4.80. The van der Waals surface area contributed by atoms with Gasteiger partial charge in [-0.2, -0.15) is 0 Å². The molecule has 0 amide bonds. The maximum atomic E-state index is 12.2. The zero-order valence-electron chi connectivity index (χ0n) is 11.7. The first kappa shape index (κ1) is 15.5. The van der Waals surface area contributed by atoms with Crippen molar-refractivity contribution in [3.8, 4) is 0 Å². The largest absolute Gasteiger partial charge is 0.399 e. The number of sulfonamides is 1. The molecule has 4 N–H and O–H groups in total. The molecular weight excluding hydrogens is 288 g/mol. The molecule has 2 rings (SSSR count). The summed E-state index contributed by atoms with van der Waals surface area (Å²) in [7, 11) is -3.64. The van der Waals surface area contributed by atoms with E-state index in [1.165, 1.54) is 6.07 Å². The standard InChI is InChI=1S/C15H18N2O3S/c1-11-4-2-3-5-15(11)21(19,20)17-10-14(18)12-6-8-13(16)9-7-12/h2-9,14,17-18H,10,16H2,1H3. The first-order chi connectivity index (χ1) is 9.90. The predicted octanol–water partition coefficient (Wildman–Crippen LogP) is 1.59. The number of hydrogen-bond donors (Lipinski definition) is 3. The highest BCUT2D eigenvalue weighted by Crippen LogP contribution is 2.17. The smallest absolute Gasteiger partial charge is 0.240 e. The van der Waals surface area contributed by atoms with Crippen LogP contribution in [0.1, 0.15) is 17.2 Å². The Kier molecular flexibility index (Phi) is 4.62. The average Bonchev–Trinajstić information content (AvgIpc) is 2.46. The van der Waals surface area contributed by atoms with Gasteiger partial charge in [0, 0.05) is 12.2 Å². The molecule has 0 saturated heterocycles. The fraction of sp³-hybridized carbons (Fsp3) is 0.200. The van der Waals surface area contributed by atoms with Gasteiger partial charge in [0.05, 0.1) is 11.0 Å². The van der Waals surface area contributed by atoms with E-state index < -0.39 is 16.1 Å². The number of aryl methyl sites for hydroxylation is 1. The molecule has 112 valence electrons. The SMILES string of the molecule is Cc1ccccc1S(=O)(=O)NCC(O)c1ccc(N)cc1. The Labute approximate surface area is 124 Å². The monoisotopic (exact) mass is 306 g/mol. The summed E-state index contributed by atoms with van der Waals surface area (Å²) in [5.41, 5.74) is 7.43. The summed E-state index contributed by atoms with van der Waals surface area (Å²) >= 11 is 0. The third kappa shape index (κ3) is 3.81. The zero-order valence-corrected chi connectivity index (χ0v) is 12.5. The molecular formula is C15H18N2O3S. The quantitative estimate of drug-likeness (QED) is 0.731. The summed E-state index contributed by atoms with van der Waals surface area (Å²) in [4.78, 5) is 0.217. The Morgan fingerprint density at radius 1 is 1.14 bits per heavy atom. The number of aliphatic hydroxyl groups is 1. The molecule has 0 aliphatic rings. The second kappa shape index (κ2) is 6.26. The number of aliphatic hydroxyl groups excluding tert-OH is 1. The van der Waals surface area contributed by atoms with Gasteiger partial charge in [-0.15, -0.1) is 0 Å². The van der Waals surface area contributed by atoms with Gasteiger partial charge in [0.25, 0.3) is 0 Å². The van der Waals surface area contributed by atoms with Crippen molar-refractivity contribution in [2.45, 2.75) is 17.9 Å². The number of rotatable bonds is 5. The van der Waals surface area contributed by atoms with E-state index in [9.17, 15) is 13.5 Å². The van der Waals surface area contributed by atoms with Gasteiger partial charge in [-0.1, -0.05) is 30.3 Å².